The number of nitrogens with zero attached hydrogens (tertiary/aromatic N) is 3. The third-order valence-electron chi connectivity index (χ3n) is 4.29. The Morgan fingerprint density at radius 1 is 1.24 bits per heavy atom. The topological polar surface area (TPSA) is 30.7 Å². The number of hydrogen-bond donors (Lipinski definition) is 0. The number of alkyl halides is 1. The summed E-state index contributed by atoms with van der Waals surface area (Å²) in [5.74, 6) is 2.66. The van der Waals surface area contributed by atoms with Gasteiger partial charge in [0.2, 0.25) is 0 Å². The molecule has 0 amide bonds. The molecule has 94 valence electrons. The van der Waals surface area contributed by atoms with Gasteiger partial charge in [-0.2, -0.15) is 0 Å². The molecule has 0 saturated heterocycles. The van der Waals surface area contributed by atoms with Gasteiger partial charge in [-0.25, -0.2) is 0 Å². The Labute approximate surface area is 108 Å². The standard InChI is InChI=1S/C13H20ClN3/c1-13(7-3-2-4-8-13)12-16-15-11(9-14)17(12)10-5-6-10/h10H,2-9H2,1H3. The van der Waals surface area contributed by atoms with Crippen LogP contribution in [0.5, 0.6) is 0 Å². The molecular formula is C13H20ClN3. The van der Waals surface area contributed by atoms with E-state index in [-0.39, 0.29) is 5.41 Å². The molecule has 0 aromatic carbocycles. The molecule has 17 heavy (non-hydrogen) atoms. The van der Waals surface area contributed by atoms with Crippen LogP contribution in [0.25, 0.3) is 0 Å². The normalized spacial score (nSPS) is 23.9. The lowest BCUT2D eigenvalue weighted by Crippen LogP contribution is -2.29. The van der Waals surface area contributed by atoms with Crippen LogP contribution in [0, 0.1) is 0 Å². The summed E-state index contributed by atoms with van der Waals surface area (Å²) in [5.41, 5.74) is 0.234. The SMILES string of the molecule is CC1(c2nnc(CCl)n2C2CC2)CCCCC1. The van der Waals surface area contributed by atoms with Crippen molar-refractivity contribution in [3.05, 3.63) is 11.6 Å². The Balaban J connectivity index is 1.98. The fourth-order valence-corrected chi connectivity index (χ4v) is 3.28. The highest BCUT2D eigenvalue weighted by atomic mass is 35.5. The van der Waals surface area contributed by atoms with Crippen LogP contribution in [-0.2, 0) is 11.3 Å². The van der Waals surface area contributed by atoms with Crippen molar-refractivity contribution in [1.29, 1.82) is 0 Å². The molecule has 1 aromatic rings. The van der Waals surface area contributed by atoms with Crippen LogP contribution in [0.3, 0.4) is 0 Å². The molecule has 3 nitrogen and oxygen atoms in total. The van der Waals surface area contributed by atoms with E-state index >= 15 is 0 Å². The lowest BCUT2D eigenvalue weighted by Gasteiger charge is -2.33. The van der Waals surface area contributed by atoms with Crippen LogP contribution in [0.2, 0.25) is 0 Å². The molecule has 2 aliphatic rings. The first kappa shape index (κ1) is 11.5. The van der Waals surface area contributed by atoms with E-state index in [0.29, 0.717) is 11.9 Å². The maximum Gasteiger partial charge on any atom is 0.148 e. The molecule has 2 saturated carbocycles. The number of aromatic nitrogens is 3. The van der Waals surface area contributed by atoms with Gasteiger partial charge >= 0.3 is 0 Å². The van der Waals surface area contributed by atoms with Crippen molar-refractivity contribution >= 4 is 11.6 Å². The first-order valence-electron chi connectivity index (χ1n) is 6.75. The van der Waals surface area contributed by atoms with Gasteiger partial charge in [-0.15, -0.1) is 21.8 Å². The maximum atomic E-state index is 5.98. The summed E-state index contributed by atoms with van der Waals surface area (Å²) in [4.78, 5) is 0. The van der Waals surface area contributed by atoms with Gasteiger partial charge in [-0.05, 0) is 25.7 Å². The molecule has 3 rings (SSSR count). The summed E-state index contributed by atoms with van der Waals surface area (Å²) in [6.07, 6.45) is 9.06. The fraction of sp³-hybridized carbons (Fsp3) is 0.846. The average Bonchev–Trinajstić information content (AvgIpc) is 3.08. The Morgan fingerprint density at radius 2 is 1.94 bits per heavy atom. The molecule has 0 radical (unpaired) electrons. The van der Waals surface area contributed by atoms with Crippen molar-refractivity contribution in [3.63, 3.8) is 0 Å². The van der Waals surface area contributed by atoms with Crippen molar-refractivity contribution in [2.24, 2.45) is 0 Å². The third kappa shape index (κ3) is 1.99. The first-order chi connectivity index (χ1) is 8.24. The highest BCUT2D eigenvalue weighted by Crippen LogP contribution is 2.43. The quantitative estimate of drug-likeness (QED) is 0.771. The minimum Gasteiger partial charge on any atom is -0.310 e. The van der Waals surface area contributed by atoms with E-state index in [9.17, 15) is 0 Å². The minimum absolute atomic E-state index is 0.234. The van der Waals surface area contributed by atoms with E-state index in [2.05, 4.69) is 21.7 Å². The van der Waals surface area contributed by atoms with Crippen molar-refractivity contribution in [2.45, 2.75) is 69.2 Å². The maximum absolute atomic E-state index is 5.98. The monoisotopic (exact) mass is 253 g/mol. The van der Waals surface area contributed by atoms with Crippen LogP contribution in [-0.4, -0.2) is 14.8 Å². The molecule has 0 aliphatic heterocycles. The van der Waals surface area contributed by atoms with Gasteiger partial charge in [-0.1, -0.05) is 26.2 Å². The average molecular weight is 254 g/mol. The Bertz CT molecular complexity index is 403. The summed E-state index contributed by atoms with van der Waals surface area (Å²) in [6.45, 7) is 2.35. The molecule has 0 N–H and O–H groups in total. The van der Waals surface area contributed by atoms with Crippen LogP contribution in [0.15, 0.2) is 0 Å². The van der Waals surface area contributed by atoms with Gasteiger partial charge in [0.15, 0.2) is 0 Å². The molecule has 0 spiro atoms. The lowest BCUT2D eigenvalue weighted by molar-refractivity contribution is 0.293. The number of halogens is 1. The van der Waals surface area contributed by atoms with Crippen LogP contribution >= 0.6 is 11.6 Å². The molecule has 1 heterocycles. The van der Waals surface area contributed by atoms with E-state index in [4.69, 9.17) is 11.6 Å². The highest BCUT2D eigenvalue weighted by Gasteiger charge is 2.38. The zero-order valence-electron chi connectivity index (χ0n) is 10.5. The van der Waals surface area contributed by atoms with Crippen molar-refractivity contribution in [1.82, 2.24) is 14.8 Å². The summed E-state index contributed by atoms with van der Waals surface area (Å²) in [5, 5.41) is 8.77. The van der Waals surface area contributed by atoms with E-state index in [1.165, 1.54) is 50.8 Å². The zero-order valence-corrected chi connectivity index (χ0v) is 11.2. The second-order valence-electron chi connectivity index (χ2n) is 5.80. The molecule has 1 aromatic heterocycles. The van der Waals surface area contributed by atoms with Gasteiger partial charge in [0.1, 0.15) is 11.6 Å². The molecule has 4 heteroatoms. The molecule has 2 aliphatic carbocycles. The molecule has 0 unspecified atom stereocenters. The van der Waals surface area contributed by atoms with E-state index < -0.39 is 0 Å². The summed E-state index contributed by atoms with van der Waals surface area (Å²) >= 11 is 5.98. The molecule has 0 bridgehead atoms. The Morgan fingerprint density at radius 3 is 2.53 bits per heavy atom. The van der Waals surface area contributed by atoms with Gasteiger partial charge in [0, 0.05) is 11.5 Å². The summed E-state index contributed by atoms with van der Waals surface area (Å²) < 4.78 is 2.35. The number of rotatable bonds is 3. The van der Waals surface area contributed by atoms with Crippen LogP contribution in [0.4, 0.5) is 0 Å². The third-order valence-corrected chi connectivity index (χ3v) is 4.53. The van der Waals surface area contributed by atoms with Crippen molar-refractivity contribution in [2.75, 3.05) is 0 Å². The summed E-state index contributed by atoms with van der Waals surface area (Å²) in [6, 6.07) is 0.632. The van der Waals surface area contributed by atoms with Gasteiger partial charge in [0.05, 0.1) is 5.88 Å². The van der Waals surface area contributed by atoms with E-state index in [0.717, 1.165) is 5.82 Å². The van der Waals surface area contributed by atoms with Crippen LogP contribution in [0.1, 0.15) is 69.6 Å². The number of hydrogen-bond acceptors (Lipinski definition) is 2. The largest absolute Gasteiger partial charge is 0.310 e. The predicted octanol–water partition coefficient (Wildman–Crippen LogP) is 3.57. The fourth-order valence-electron chi connectivity index (χ4n) is 3.10. The first-order valence-corrected chi connectivity index (χ1v) is 7.28. The lowest BCUT2D eigenvalue weighted by atomic mass is 9.75. The van der Waals surface area contributed by atoms with Crippen molar-refractivity contribution < 1.29 is 0 Å². The molecular weight excluding hydrogens is 234 g/mol. The Hall–Kier alpha value is -0.570. The second-order valence-corrected chi connectivity index (χ2v) is 6.06. The second kappa shape index (κ2) is 4.27. The highest BCUT2D eigenvalue weighted by molar-refractivity contribution is 6.16. The van der Waals surface area contributed by atoms with Gasteiger partial charge < -0.3 is 4.57 Å². The molecule has 2 fully saturated rings. The Kier molecular flexibility index (Phi) is 2.89. The van der Waals surface area contributed by atoms with Gasteiger partial charge in [0.25, 0.3) is 0 Å². The molecule has 0 atom stereocenters. The minimum atomic E-state index is 0.234. The van der Waals surface area contributed by atoms with E-state index in [1.54, 1.807) is 0 Å². The van der Waals surface area contributed by atoms with Gasteiger partial charge in [-0.3, -0.25) is 0 Å². The zero-order chi connectivity index (χ0) is 11.9. The van der Waals surface area contributed by atoms with E-state index in [1.807, 2.05) is 0 Å². The smallest absolute Gasteiger partial charge is 0.148 e. The predicted molar refractivity (Wildman–Crippen MR) is 68.3 cm³/mol. The van der Waals surface area contributed by atoms with Crippen LogP contribution < -0.4 is 0 Å². The van der Waals surface area contributed by atoms with Crippen molar-refractivity contribution in [3.8, 4) is 0 Å². The summed E-state index contributed by atoms with van der Waals surface area (Å²) in [7, 11) is 0.